The molecular formula is C21H20N4O3. The van der Waals surface area contributed by atoms with Crippen LogP contribution in [0.2, 0.25) is 0 Å². The van der Waals surface area contributed by atoms with Crippen molar-refractivity contribution >= 4 is 11.9 Å². The molecule has 7 nitrogen and oxygen atoms in total. The molecule has 4 rings (SSSR count). The van der Waals surface area contributed by atoms with Crippen molar-refractivity contribution in [3.8, 4) is 11.4 Å². The Balaban J connectivity index is 1.55. The van der Waals surface area contributed by atoms with Crippen LogP contribution in [0.15, 0.2) is 53.1 Å². The normalized spacial score (nSPS) is 19.2. The van der Waals surface area contributed by atoms with Gasteiger partial charge in [-0.1, -0.05) is 64.8 Å². The summed E-state index contributed by atoms with van der Waals surface area (Å²) in [7, 11) is 0. The minimum Gasteiger partial charge on any atom is -0.337 e. The predicted molar refractivity (Wildman–Crippen MR) is 102 cm³/mol. The third kappa shape index (κ3) is 3.05. The van der Waals surface area contributed by atoms with Gasteiger partial charge in [-0.05, 0) is 26.3 Å². The van der Waals surface area contributed by atoms with E-state index in [0.29, 0.717) is 5.82 Å². The second kappa shape index (κ2) is 6.60. The molecule has 2 aromatic carbocycles. The van der Waals surface area contributed by atoms with Crippen molar-refractivity contribution < 1.29 is 14.1 Å². The second-order valence-corrected chi connectivity index (χ2v) is 7.19. The van der Waals surface area contributed by atoms with E-state index in [0.717, 1.165) is 27.2 Å². The Hall–Kier alpha value is -3.48. The fraction of sp³-hybridized carbons (Fsp3) is 0.238. The number of rotatable bonds is 4. The molecule has 0 radical (unpaired) electrons. The fourth-order valence-electron chi connectivity index (χ4n) is 3.20. The van der Waals surface area contributed by atoms with Crippen LogP contribution < -0.4 is 5.32 Å². The molecule has 0 unspecified atom stereocenters. The maximum absolute atomic E-state index is 13.0. The Bertz CT molecular complexity index is 1040. The average Bonchev–Trinajstić information content (AvgIpc) is 3.22. The van der Waals surface area contributed by atoms with Crippen molar-refractivity contribution in [3.63, 3.8) is 0 Å². The lowest BCUT2D eigenvalue weighted by Gasteiger charge is -2.22. The molecular weight excluding hydrogens is 356 g/mol. The van der Waals surface area contributed by atoms with Crippen LogP contribution in [0.3, 0.4) is 0 Å². The zero-order valence-electron chi connectivity index (χ0n) is 15.9. The van der Waals surface area contributed by atoms with Gasteiger partial charge in [0.05, 0.1) is 0 Å². The largest absolute Gasteiger partial charge is 0.337 e. The summed E-state index contributed by atoms with van der Waals surface area (Å²) in [4.78, 5) is 30.9. The molecule has 1 aliphatic heterocycles. The Labute approximate surface area is 162 Å². The molecule has 1 N–H and O–H groups in total. The lowest BCUT2D eigenvalue weighted by atomic mass is 9.91. The van der Waals surface area contributed by atoms with E-state index in [9.17, 15) is 9.59 Å². The van der Waals surface area contributed by atoms with Crippen molar-refractivity contribution in [2.45, 2.75) is 32.9 Å². The summed E-state index contributed by atoms with van der Waals surface area (Å²) < 4.78 is 5.26. The quantitative estimate of drug-likeness (QED) is 0.706. The summed E-state index contributed by atoms with van der Waals surface area (Å²) in [6, 6.07) is 14.7. The molecule has 0 bridgehead atoms. The topological polar surface area (TPSA) is 88.3 Å². The first kappa shape index (κ1) is 17.9. The number of imide groups is 1. The standard InChI is InChI=1S/C21H20N4O3/c1-13-4-8-15(9-5-13)18-22-17(28-24-18)12-25-19(26)21(3,23-20(25)27)16-10-6-14(2)7-11-16/h4-11H,12H2,1-3H3,(H,23,27)/t21-/m1/s1. The van der Waals surface area contributed by atoms with Gasteiger partial charge in [0, 0.05) is 5.56 Å². The molecule has 1 aromatic heterocycles. The van der Waals surface area contributed by atoms with E-state index < -0.39 is 11.6 Å². The lowest BCUT2D eigenvalue weighted by Crippen LogP contribution is -2.40. The van der Waals surface area contributed by atoms with Gasteiger partial charge in [0.25, 0.3) is 5.91 Å². The fourth-order valence-corrected chi connectivity index (χ4v) is 3.20. The first-order valence-corrected chi connectivity index (χ1v) is 8.98. The molecule has 1 aliphatic rings. The number of urea groups is 1. The molecule has 3 aromatic rings. The van der Waals surface area contributed by atoms with Crippen molar-refractivity contribution in [3.05, 3.63) is 71.1 Å². The molecule has 2 heterocycles. The van der Waals surface area contributed by atoms with Gasteiger partial charge in [0.15, 0.2) is 0 Å². The van der Waals surface area contributed by atoms with Crippen LogP contribution in [0.5, 0.6) is 0 Å². The first-order chi connectivity index (χ1) is 13.4. The van der Waals surface area contributed by atoms with E-state index in [-0.39, 0.29) is 18.3 Å². The smallest absolute Gasteiger partial charge is 0.325 e. The van der Waals surface area contributed by atoms with E-state index in [2.05, 4.69) is 15.5 Å². The SMILES string of the molecule is Cc1ccc(-c2noc(CN3C(=O)N[C@](C)(c4ccc(C)cc4)C3=O)n2)cc1. The molecule has 0 aliphatic carbocycles. The van der Waals surface area contributed by atoms with E-state index >= 15 is 0 Å². The van der Waals surface area contributed by atoms with Gasteiger partial charge < -0.3 is 9.84 Å². The molecule has 1 saturated heterocycles. The van der Waals surface area contributed by atoms with Gasteiger partial charge in [0.2, 0.25) is 11.7 Å². The predicted octanol–water partition coefficient (Wildman–Crippen LogP) is 3.32. The van der Waals surface area contributed by atoms with Gasteiger partial charge in [0.1, 0.15) is 12.1 Å². The van der Waals surface area contributed by atoms with E-state index in [1.54, 1.807) is 6.92 Å². The molecule has 3 amide bonds. The van der Waals surface area contributed by atoms with Crippen LogP contribution in [0.1, 0.15) is 29.5 Å². The third-order valence-corrected chi connectivity index (χ3v) is 4.98. The maximum atomic E-state index is 13.0. The van der Waals surface area contributed by atoms with Crippen LogP contribution >= 0.6 is 0 Å². The highest BCUT2D eigenvalue weighted by molar-refractivity contribution is 6.07. The summed E-state index contributed by atoms with van der Waals surface area (Å²) >= 11 is 0. The van der Waals surface area contributed by atoms with E-state index in [1.165, 1.54) is 0 Å². The van der Waals surface area contributed by atoms with Gasteiger partial charge in [-0.3, -0.25) is 9.69 Å². The Kier molecular flexibility index (Phi) is 4.22. The minimum absolute atomic E-state index is 0.0784. The highest BCUT2D eigenvalue weighted by Crippen LogP contribution is 2.30. The minimum atomic E-state index is -1.12. The molecule has 1 atom stereocenters. The van der Waals surface area contributed by atoms with E-state index in [4.69, 9.17) is 4.52 Å². The molecule has 7 heteroatoms. The Morgan fingerprint density at radius 1 is 1.00 bits per heavy atom. The number of amides is 3. The van der Waals surface area contributed by atoms with Gasteiger partial charge in [-0.15, -0.1) is 0 Å². The molecule has 0 saturated carbocycles. The summed E-state index contributed by atoms with van der Waals surface area (Å²) in [5.74, 6) is 0.270. The molecule has 142 valence electrons. The highest BCUT2D eigenvalue weighted by atomic mass is 16.5. The lowest BCUT2D eigenvalue weighted by molar-refractivity contribution is -0.131. The van der Waals surface area contributed by atoms with Crippen LogP contribution in [-0.2, 0) is 16.9 Å². The maximum Gasteiger partial charge on any atom is 0.325 e. The van der Waals surface area contributed by atoms with Crippen molar-refractivity contribution in [2.24, 2.45) is 0 Å². The van der Waals surface area contributed by atoms with Crippen LogP contribution in [0.4, 0.5) is 4.79 Å². The highest BCUT2D eigenvalue weighted by Gasteiger charge is 2.49. The summed E-state index contributed by atoms with van der Waals surface area (Å²) in [5, 5.41) is 6.74. The van der Waals surface area contributed by atoms with Crippen molar-refractivity contribution in [1.82, 2.24) is 20.4 Å². The summed E-state index contributed by atoms with van der Waals surface area (Å²) in [6.45, 7) is 5.58. The number of nitrogens with zero attached hydrogens (tertiary/aromatic N) is 3. The molecule has 0 spiro atoms. The average molecular weight is 376 g/mol. The zero-order valence-corrected chi connectivity index (χ0v) is 15.9. The van der Waals surface area contributed by atoms with Crippen LogP contribution in [-0.4, -0.2) is 27.0 Å². The van der Waals surface area contributed by atoms with E-state index in [1.807, 2.05) is 62.4 Å². The second-order valence-electron chi connectivity index (χ2n) is 7.19. The monoisotopic (exact) mass is 376 g/mol. The number of hydrogen-bond acceptors (Lipinski definition) is 5. The third-order valence-electron chi connectivity index (χ3n) is 4.98. The zero-order chi connectivity index (χ0) is 19.9. The van der Waals surface area contributed by atoms with Gasteiger partial charge in [-0.25, -0.2) is 4.79 Å². The number of aryl methyl sites for hydroxylation is 2. The van der Waals surface area contributed by atoms with Crippen molar-refractivity contribution in [2.75, 3.05) is 0 Å². The summed E-state index contributed by atoms with van der Waals surface area (Å²) in [5.41, 5.74) is 2.62. The number of hydrogen-bond donors (Lipinski definition) is 1. The summed E-state index contributed by atoms with van der Waals surface area (Å²) in [6.07, 6.45) is 0. The first-order valence-electron chi connectivity index (χ1n) is 8.98. The van der Waals surface area contributed by atoms with Crippen LogP contribution in [0, 0.1) is 13.8 Å². The number of aromatic nitrogens is 2. The molecule has 28 heavy (non-hydrogen) atoms. The number of nitrogens with one attached hydrogen (secondary N) is 1. The van der Waals surface area contributed by atoms with Crippen LogP contribution in [0.25, 0.3) is 11.4 Å². The number of carbonyl (C=O) groups is 2. The van der Waals surface area contributed by atoms with Gasteiger partial charge >= 0.3 is 6.03 Å². The number of benzene rings is 2. The van der Waals surface area contributed by atoms with Gasteiger partial charge in [-0.2, -0.15) is 4.98 Å². The Morgan fingerprint density at radius 2 is 1.61 bits per heavy atom. The molecule has 1 fully saturated rings. The Morgan fingerprint density at radius 3 is 2.25 bits per heavy atom. The number of carbonyl (C=O) groups excluding carboxylic acids is 2. The van der Waals surface area contributed by atoms with Crippen molar-refractivity contribution in [1.29, 1.82) is 0 Å².